The van der Waals surface area contributed by atoms with Gasteiger partial charge in [0.2, 0.25) is 0 Å². The van der Waals surface area contributed by atoms with Crippen molar-refractivity contribution in [3.05, 3.63) is 30.4 Å². The average Bonchev–Trinajstić information content (AvgIpc) is 2.26. The lowest BCUT2D eigenvalue weighted by molar-refractivity contribution is 0.293. The third kappa shape index (κ3) is 4.92. The van der Waals surface area contributed by atoms with Gasteiger partial charge in [0.25, 0.3) is 10.1 Å². The summed E-state index contributed by atoms with van der Waals surface area (Å²) in [5.74, 6) is 0.662. The fourth-order valence-electron chi connectivity index (χ4n) is 1.02. The van der Waals surface area contributed by atoms with Crippen molar-refractivity contribution in [3.8, 4) is 0 Å². The second kappa shape index (κ2) is 5.74. The Kier molecular flexibility index (Phi) is 4.59. The summed E-state index contributed by atoms with van der Waals surface area (Å²) in [5, 5.41) is 0. The molecule has 0 radical (unpaired) electrons. The third-order valence-corrected chi connectivity index (χ3v) is 2.25. The first kappa shape index (κ1) is 13.6. The van der Waals surface area contributed by atoms with E-state index in [-0.39, 0.29) is 6.61 Å². The normalized spacial score (nSPS) is 11.2. The van der Waals surface area contributed by atoms with Crippen LogP contribution in [0.25, 0.3) is 5.76 Å². The van der Waals surface area contributed by atoms with Gasteiger partial charge in [0.15, 0.2) is 11.6 Å². The molecule has 0 aliphatic carbocycles. The molecule has 1 aromatic heterocycles. The van der Waals surface area contributed by atoms with Crippen molar-refractivity contribution in [1.29, 1.82) is 0 Å². The summed E-state index contributed by atoms with van der Waals surface area (Å²) in [6, 6.07) is 1.56. The van der Waals surface area contributed by atoms with Crippen LogP contribution in [0.15, 0.2) is 18.8 Å². The van der Waals surface area contributed by atoms with E-state index in [0.29, 0.717) is 23.9 Å². The van der Waals surface area contributed by atoms with Gasteiger partial charge in [-0.2, -0.15) is 8.42 Å². The van der Waals surface area contributed by atoms with E-state index >= 15 is 0 Å². The van der Waals surface area contributed by atoms with E-state index < -0.39 is 10.1 Å². The minimum absolute atomic E-state index is 0.131. The van der Waals surface area contributed by atoms with Crippen molar-refractivity contribution in [2.45, 2.75) is 13.5 Å². The highest BCUT2D eigenvalue weighted by molar-refractivity contribution is 7.85. The molecule has 6 nitrogen and oxygen atoms in total. The molecule has 17 heavy (non-hydrogen) atoms. The van der Waals surface area contributed by atoms with Crippen LogP contribution in [0.5, 0.6) is 0 Å². The summed E-state index contributed by atoms with van der Waals surface area (Å²) in [6.07, 6.45) is 2.47. The highest BCUT2D eigenvalue weighted by Gasteiger charge is 2.07. The smallest absolute Gasteiger partial charge is 0.264 e. The second-order valence-corrected chi connectivity index (χ2v) is 4.84. The molecule has 1 heterocycles. The van der Waals surface area contributed by atoms with E-state index in [1.165, 1.54) is 6.20 Å². The van der Waals surface area contributed by atoms with Gasteiger partial charge in [-0.05, 0) is 13.0 Å². The fourth-order valence-corrected chi connectivity index (χ4v) is 1.35. The minimum atomic E-state index is -3.48. The van der Waals surface area contributed by atoms with Gasteiger partial charge in [0.1, 0.15) is 6.61 Å². The summed E-state index contributed by atoms with van der Waals surface area (Å²) in [4.78, 5) is 8.03. The number of nitrogens with zero attached hydrogens (tertiary/aromatic N) is 2. The van der Waals surface area contributed by atoms with Crippen molar-refractivity contribution < 1.29 is 17.3 Å². The van der Waals surface area contributed by atoms with Gasteiger partial charge < -0.3 is 4.74 Å². The van der Waals surface area contributed by atoms with Crippen molar-refractivity contribution in [2.75, 3.05) is 12.9 Å². The Morgan fingerprint density at radius 3 is 2.82 bits per heavy atom. The highest BCUT2D eigenvalue weighted by Crippen LogP contribution is 2.09. The molecule has 1 aromatic rings. The molecule has 0 saturated heterocycles. The van der Waals surface area contributed by atoms with Gasteiger partial charge >= 0.3 is 0 Å². The van der Waals surface area contributed by atoms with Crippen LogP contribution in [0.1, 0.15) is 18.4 Å². The molecule has 1 rings (SSSR count). The molecule has 0 unspecified atom stereocenters. The van der Waals surface area contributed by atoms with Crippen LogP contribution < -0.4 is 0 Å². The van der Waals surface area contributed by atoms with E-state index in [0.717, 1.165) is 6.26 Å². The molecule has 0 spiro atoms. The lowest BCUT2D eigenvalue weighted by Crippen LogP contribution is -2.06. The zero-order valence-corrected chi connectivity index (χ0v) is 10.5. The van der Waals surface area contributed by atoms with Crippen LogP contribution in [0.3, 0.4) is 0 Å². The van der Waals surface area contributed by atoms with Crippen molar-refractivity contribution >= 4 is 15.9 Å². The van der Waals surface area contributed by atoms with E-state index in [2.05, 4.69) is 20.7 Å². The molecule has 94 valence electrons. The first-order chi connectivity index (χ1) is 7.92. The zero-order valence-electron chi connectivity index (χ0n) is 9.71. The highest BCUT2D eigenvalue weighted by atomic mass is 32.2. The molecule has 0 amide bonds. The fraction of sp³-hybridized carbons (Fsp3) is 0.400. The van der Waals surface area contributed by atoms with Crippen LogP contribution in [0.4, 0.5) is 0 Å². The molecule has 0 bridgehead atoms. The molecule has 0 aliphatic rings. The lowest BCUT2D eigenvalue weighted by atomic mass is 10.4. The molecular weight excluding hydrogens is 244 g/mol. The molecular formula is C10H14N2O4S. The van der Waals surface area contributed by atoms with Crippen LogP contribution >= 0.6 is 0 Å². The van der Waals surface area contributed by atoms with Gasteiger partial charge in [0, 0.05) is 6.20 Å². The first-order valence-electron chi connectivity index (χ1n) is 4.90. The molecule has 0 aromatic carbocycles. The molecule has 0 aliphatic heterocycles. The molecule has 7 heteroatoms. The Bertz CT molecular complexity index is 499. The lowest BCUT2D eigenvalue weighted by Gasteiger charge is -2.06. The van der Waals surface area contributed by atoms with Gasteiger partial charge in [-0.3, -0.25) is 4.18 Å². The number of hydrogen-bond acceptors (Lipinski definition) is 6. The van der Waals surface area contributed by atoms with E-state index in [9.17, 15) is 8.42 Å². The largest absolute Gasteiger partial charge is 0.491 e. The second-order valence-electron chi connectivity index (χ2n) is 3.19. The Hall–Kier alpha value is -1.47. The summed E-state index contributed by atoms with van der Waals surface area (Å²) in [6.45, 7) is 5.81. The monoisotopic (exact) mass is 258 g/mol. The topological polar surface area (TPSA) is 78.4 Å². The van der Waals surface area contributed by atoms with E-state index in [1.54, 1.807) is 6.07 Å². The van der Waals surface area contributed by atoms with Crippen LogP contribution in [0, 0.1) is 0 Å². The minimum Gasteiger partial charge on any atom is -0.491 e. The number of ether oxygens (including phenoxy) is 1. The van der Waals surface area contributed by atoms with Gasteiger partial charge in [-0.25, -0.2) is 9.97 Å². The molecule has 0 N–H and O–H groups in total. The molecule has 0 fully saturated rings. The summed E-state index contributed by atoms with van der Waals surface area (Å²) in [7, 11) is -3.48. The standard InChI is InChI=1S/C10H14N2O4S/c1-4-15-8(2)10-11-6-5-9(12-10)7-16-17(3,13)14/h5-6H,2,4,7H2,1,3H3. The zero-order chi connectivity index (χ0) is 12.9. The maximum atomic E-state index is 10.8. The SMILES string of the molecule is C=C(OCC)c1nccc(COS(C)(=O)=O)n1. The van der Waals surface area contributed by atoms with Crippen LogP contribution in [-0.2, 0) is 25.6 Å². The Morgan fingerprint density at radius 2 is 2.24 bits per heavy atom. The average molecular weight is 258 g/mol. The van der Waals surface area contributed by atoms with E-state index in [4.69, 9.17) is 4.74 Å². The van der Waals surface area contributed by atoms with Crippen molar-refractivity contribution in [2.24, 2.45) is 0 Å². The predicted octanol–water partition coefficient (Wildman–Crippen LogP) is 0.960. The van der Waals surface area contributed by atoms with Gasteiger partial charge in [-0.1, -0.05) is 6.58 Å². The molecule has 0 atom stereocenters. The molecule has 0 saturated carbocycles. The number of hydrogen-bond donors (Lipinski definition) is 0. The Balaban J connectivity index is 2.76. The number of rotatable bonds is 6. The predicted molar refractivity (Wildman–Crippen MR) is 62.3 cm³/mol. The maximum Gasteiger partial charge on any atom is 0.264 e. The third-order valence-electron chi connectivity index (χ3n) is 1.70. The van der Waals surface area contributed by atoms with Crippen molar-refractivity contribution in [1.82, 2.24) is 9.97 Å². The quantitative estimate of drug-likeness (QED) is 0.558. The maximum absolute atomic E-state index is 10.8. The summed E-state index contributed by atoms with van der Waals surface area (Å²) < 4.78 is 31.4. The Labute approximate surface area is 100 Å². The van der Waals surface area contributed by atoms with Gasteiger partial charge in [-0.15, -0.1) is 0 Å². The van der Waals surface area contributed by atoms with Crippen LogP contribution in [0.2, 0.25) is 0 Å². The number of aromatic nitrogens is 2. The van der Waals surface area contributed by atoms with Crippen LogP contribution in [-0.4, -0.2) is 31.2 Å². The van der Waals surface area contributed by atoms with Gasteiger partial charge in [0.05, 0.1) is 18.6 Å². The first-order valence-corrected chi connectivity index (χ1v) is 6.72. The van der Waals surface area contributed by atoms with Crippen molar-refractivity contribution in [3.63, 3.8) is 0 Å². The Morgan fingerprint density at radius 1 is 1.53 bits per heavy atom. The summed E-state index contributed by atoms with van der Waals surface area (Å²) in [5.41, 5.74) is 0.446. The van der Waals surface area contributed by atoms with E-state index in [1.807, 2.05) is 6.92 Å². The summed E-state index contributed by atoms with van der Waals surface area (Å²) >= 11 is 0.